The lowest BCUT2D eigenvalue weighted by molar-refractivity contribution is 0.252. The molecule has 0 spiro atoms. The van der Waals surface area contributed by atoms with E-state index < -0.39 is 78.5 Å². The molecule has 19 heteroatoms. The van der Waals surface area contributed by atoms with Gasteiger partial charge in [0.1, 0.15) is 0 Å². The van der Waals surface area contributed by atoms with Gasteiger partial charge in [-0.25, -0.2) is 0 Å². The molecule has 3 rings (SSSR count). The first-order valence-electron chi connectivity index (χ1n) is 7.20. The standard InChI is InChI=1S/C12BF9N6O3/c14-1-4(17)26-10(7(20)23-1)29-13(30-11-8(21)24-2(15)5(18)27-11)31-12-9(22)25-3(16)6(19)28-12. The summed E-state index contributed by atoms with van der Waals surface area (Å²) in [4.78, 5) is 15.0. The van der Waals surface area contributed by atoms with Crippen LogP contribution in [0, 0.1) is 53.5 Å². The first-order chi connectivity index (χ1) is 14.5. The highest BCUT2D eigenvalue weighted by Crippen LogP contribution is 2.21. The largest absolute Gasteiger partial charge is 0.867 e. The molecule has 0 radical (unpaired) electrons. The molecule has 0 aliphatic heterocycles. The van der Waals surface area contributed by atoms with Crippen molar-refractivity contribution >= 4 is 7.32 Å². The Morgan fingerprint density at radius 1 is 0.355 bits per heavy atom. The third-order valence-corrected chi connectivity index (χ3v) is 2.85. The van der Waals surface area contributed by atoms with Gasteiger partial charge in [-0.3, -0.25) is 0 Å². The second kappa shape index (κ2) is 8.44. The van der Waals surface area contributed by atoms with Gasteiger partial charge in [0.2, 0.25) is 0 Å². The smallest absolute Gasteiger partial charge is 0.471 e. The zero-order chi connectivity index (χ0) is 22.9. The topological polar surface area (TPSA) is 105 Å². The van der Waals surface area contributed by atoms with Gasteiger partial charge in [0.25, 0.3) is 71.2 Å². The molecule has 0 unspecified atom stereocenters. The van der Waals surface area contributed by atoms with E-state index in [-0.39, 0.29) is 0 Å². The lowest BCUT2D eigenvalue weighted by Gasteiger charge is -2.15. The zero-order valence-electron chi connectivity index (χ0n) is 13.9. The SMILES string of the molecule is Fc1nc(F)c(OB(Oc2nc(F)c(F)nc2F)Oc2nc(F)c(F)nc2F)nc1F. The van der Waals surface area contributed by atoms with Crippen LogP contribution in [0.2, 0.25) is 0 Å². The van der Waals surface area contributed by atoms with Crippen molar-refractivity contribution in [3.05, 3.63) is 53.5 Å². The van der Waals surface area contributed by atoms with Gasteiger partial charge in [0.05, 0.1) is 0 Å². The molecule has 0 aromatic carbocycles. The van der Waals surface area contributed by atoms with E-state index in [1.54, 1.807) is 0 Å². The monoisotopic (exact) mass is 458 g/mol. The van der Waals surface area contributed by atoms with Gasteiger partial charge in [-0.2, -0.15) is 69.4 Å². The van der Waals surface area contributed by atoms with E-state index >= 15 is 0 Å². The lowest BCUT2D eigenvalue weighted by Crippen LogP contribution is -2.39. The van der Waals surface area contributed by atoms with Crippen molar-refractivity contribution in [1.82, 2.24) is 29.9 Å². The minimum absolute atomic E-state index is 1.56. The number of halogens is 9. The number of aromatic nitrogens is 6. The van der Waals surface area contributed by atoms with Gasteiger partial charge in [0.15, 0.2) is 0 Å². The van der Waals surface area contributed by atoms with E-state index in [1.165, 1.54) is 0 Å². The Balaban J connectivity index is 1.99. The predicted octanol–water partition coefficient (Wildman–Crippen LogP) is 1.83. The molecule has 0 aliphatic rings. The molecule has 0 amide bonds. The molecule has 3 aromatic rings. The first kappa shape index (κ1) is 21.8. The van der Waals surface area contributed by atoms with Crippen molar-refractivity contribution in [2.24, 2.45) is 0 Å². The Kier molecular flexibility index (Phi) is 5.93. The number of rotatable bonds is 6. The molecule has 0 bridgehead atoms. The van der Waals surface area contributed by atoms with Gasteiger partial charge >= 0.3 is 7.32 Å². The van der Waals surface area contributed by atoms with Crippen LogP contribution in [0.25, 0.3) is 0 Å². The maximum Gasteiger partial charge on any atom is 0.867 e. The molecular weight excluding hydrogens is 458 g/mol. The molecule has 0 atom stereocenters. The molecular formula is C12BF9N6O3. The summed E-state index contributed by atoms with van der Waals surface area (Å²) in [7, 11) is -2.81. The van der Waals surface area contributed by atoms with E-state index in [0.717, 1.165) is 0 Å². The van der Waals surface area contributed by atoms with Crippen LogP contribution in [0.5, 0.6) is 17.6 Å². The minimum Gasteiger partial charge on any atom is -0.471 e. The summed E-state index contributed by atoms with van der Waals surface area (Å²) in [5.74, 6) is -22.6. The molecule has 0 fully saturated rings. The summed E-state index contributed by atoms with van der Waals surface area (Å²) in [6, 6.07) is 0. The minimum atomic E-state index is -2.81. The van der Waals surface area contributed by atoms with E-state index in [0.29, 0.717) is 0 Å². The fourth-order valence-corrected chi connectivity index (χ4v) is 1.66. The van der Waals surface area contributed by atoms with E-state index in [1.807, 2.05) is 0 Å². The van der Waals surface area contributed by atoms with Crippen molar-refractivity contribution in [2.45, 2.75) is 0 Å². The Bertz CT molecular complexity index is 1020. The highest BCUT2D eigenvalue weighted by molar-refractivity contribution is 6.39. The number of hydrogen-bond acceptors (Lipinski definition) is 9. The molecule has 3 aromatic heterocycles. The van der Waals surface area contributed by atoms with Gasteiger partial charge in [-0.1, -0.05) is 0 Å². The van der Waals surface area contributed by atoms with Gasteiger partial charge in [0, 0.05) is 0 Å². The van der Waals surface area contributed by atoms with Crippen LogP contribution in [-0.2, 0) is 0 Å². The molecule has 0 saturated heterocycles. The molecule has 3 heterocycles. The lowest BCUT2D eigenvalue weighted by atomic mass is 10.2. The van der Waals surface area contributed by atoms with Crippen molar-refractivity contribution in [3.63, 3.8) is 0 Å². The fraction of sp³-hybridized carbons (Fsp3) is 0. The molecule has 162 valence electrons. The first-order valence-corrected chi connectivity index (χ1v) is 7.20. The third kappa shape index (κ3) is 4.81. The second-order valence-corrected chi connectivity index (χ2v) is 4.85. The van der Waals surface area contributed by atoms with Crippen LogP contribution in [0.15, 0.2) is 0 Å². The third-order valence-electron chi connectivity index (χ3n) is 2.85. The second-order valence-electron chi connectivity index (χ2n) is 4.85. The van der Waals surface area contributed by atoms with Crippen molar-refractivity contribution < 1.29 is 53.5 Å². The predicted molar refractivity (Wildman–Crippen MR) is 73.4 cm³/mol. The molecule has 0 N–H and O–H groups in total. The van der Waals surface area contributed by atoms with Crippen molar-refractivity contribution in [3.8, 4) is 17.6 Å². The summed E-state index contributed by atoms with van der Waals surface area (Å²) in [5.41, 5.74) is 0. The van der Waals surface area contributed by atoms with Gasteiger partial charge < -0.3 is 14.0 Å². The molecule has 0 saturated carbocycles. The van der Waals surface area contributed by atoms with E-state index in [2.05, 4.69) is 43.9 Å². The summed E-state index contributed by atoms with van der Waals surface area (Å²) >= 11 is 0. The quantitative estimate of drug-likeness (QED) is 0.404. The summed E-state index contributed by atoms with van der Waals surface area (Å²) in [6.45, 7) is 0. The average Bonchev–Trinajstić information content (AvgIpc) is 2.68. The van der Waals surface area contributed by atoms with Crippen LogP contribution in [-0.4, -0.2) is 37.2 Å². The van der Waals surface area contributed by atoms with E-state index in [4.69, 9.17) is 0 Å². The van der Waals surface area contributed by atoms with Crippen molar-refractivity contribution in [2.75, 3.05) is 0 Å². The van der Waals surface area contributed by atoms with Crippen molar-refractivity contribution in [1.29, 1.82) is 0 Å². The Hall–Kier alpha value is -3.93. The maximum atomic E-state index is 13.6. The Morgan fingerprint density at radius 2 is 0.581 bits per heavy atom. The van der Waals surface area contributed by atoms with E-state index in [9.17, 15) is 39.5 Å². The normalized spacial score (nSPS) is 10.7. The van der Waals surface area contributed by atoms with Crippen LogP contribution in [0.3, 0.4) is 0 Å². The Labute approximate surface area is 163 Å². The molecule has 0 aliphatic carbocycles. The number of hydrogen-bond donors (Lipinski definition) is 0. The Morgan fingerprint density at radius 3 is 0.839 bits per heavy atom. The van der Waals surface area contributed by atoms with Crippen LogP contribution >= 0.6 is 0 Å². The van der Waals surface area contributed by atoms with Gasteiger partial charge in [-0.15, -0.1) is 0 Å². The van der Waals surface area contributed by atoms with Crippen LogP contribution < -0.4 is 14.0 Å². The van der Waals surface area contributed by atoms with Crippen LogP contribution in [0.4, 0.5) is 39.5 Å². The average molecular weight is 458 g/mol. The zero-order valence-corrected chi connectivity index (χ0v) is 13.9. The number of nitrogens with zero attached hydrogens (tertiary/aromatic N) is 6. The summed E-state index contributed by atoms with van der Waals surface area (Å²) in [5, 5.41) is 0. The fourth-order valence-electron chi connectivity index (χ4n) is 1.66. The summed E-state index contributed by atoms with van der Waals surface area (Å²) in [6.07, 6.45) is 0. The van der Waals surface area contributed by atoms with Crippen LogP contribution in [0.1, 0.15) is 0 Å². The maximum absolute atomic E-state index is 13.6. The van der Waals surface area contributed by atoms with Gasteiger partial charge in [-0.05, 0) is 0 Å². The summed E-state index contributed by atoms with van der Waals surface area (Å²) < 4.78 is 132. The highest BCUT2D eigenvalue weighted by Gasteiger charge is 2.37. The molecule has 31 heavy (non-hydrogen) atoms. The molecule has 9 nitrogen and oxygen atoms in total. The highest BCUT2D eigenvalue weighted by atomic mass is 19.2.